The zero-order chi connectivity index (χ0) is 15.0. The number of nitrogens with zero attached hydrogens (tertiary/aromatic N) is 5. The summed E-state index contributed by atoms with van der Waals surface area (Å²) in [5.74, 6) is 1.03. The maximum Gasteiger partial charge on any atom is 0.185 e. The van der Waals surface area contributed by atoms with Gasteiger partial charge in [-0.1, -0.05) is 12.2 Å². The van der Waals surface area contributed by atoms with Crippen molar-refractivity contribution < 1.29 is 0 Å². The number of nitrogens with two attached hydrogens (primary N) is 1. The van der Waals surface area contributed by atoms with Gasteiger partial charge in [-0.3, -0.25) is 4.68 Å². The number of thiazole rings is 1. The molecule has 1 saturated heterocycles. The van der Waals surface area contributed by atoms with Crippen molar-refractivity contribution in [3.8, 4) is 0 Å². The van der Waals surface area contributed by atoms with Crippen LogP contribution in [0.3, 0.4) is 0 Å². The molecule has 3 heterocycles. The normalized spacial score (nSPS) is 15.5. The monoisotopic (exact) mass is 322 g/mol. The van der Waals surface area contributed by atoms with Gasteiger partial charge in [-0.25, -0.2) is 4.98 Å². The van der Waals surface area contributed by atoms with Gasteiger partial charge in [0.1, 0.15) is 10.8 Å². The van der Waals surface area contributed by atoms with E-state index < -0.39 is 0 Å². The molecule has 6 nitrogen and oxygen atoms in total. The Morgan fingerprint density at radius 1 is 1.29 bits per heavy atom. The van der Waals surface area contributed by atoms with Crippen LogP contribution in [-0.4, -0.2) is 45.9 Å². The summed E-state index contributed by atoms with van der Waals surface area (Å²) < 4.78 is 1.88. The second-order valence-corrected chi connectivity index (χ2v) is 6.37. The predicted octanol–water partition coefficient (Wildman–Crippen LogP) is 1.15. The second kappa shape index (κ2) is 5.61. The molecule has 21 heavy (non-hydrogen) atoms. The average Bonchev–Trinajstić information content (AvgIpc) is 3.06. The van der Waals surface area contributed by atoms with E-state index in [-0.39, 0.29) is 0 Å². The lowest BCUT2D eigenvalue weighted by molar-refractivity contribution is 0.623. The van der Waals surface area contributed by atoms with Crippen LogP contribution in [0.25, 0.3) is 0 Å². The highest BCUT2D eigenvalue weighted by Gasteiger charge is 2.25. The summed E-state index contributed by atoms with van der Waals surface area (Å²) in [6, 6.07) is 0. The highest BCUT2D eigenvalue weighted by Crippen LogP contribution is 2.26. The van der Waals surface area contributed by atoms with Gasteiger partial charge in [0, 0.05) is 44.8 Å². The van der Waals surface area contributed by atoms with Crippen molar-refractivity contribution in [3.63, 3.8) is 0 Å². The summed E-state index contributed by atoms with van der Waals surface area (Å²) >= 11 is 6.87. The van der Waals surface area contributed by atoms with Crippen LogP contribution in [0.15, 0.2) is 11.6 Å². The fraction of sp³-hybridized carbons (Fsp3) is 0.462. The second-order valence-electron chi connectivity index (χ2n) is 5.06. The fourth-order valence-electron chi connectivity index (χ4n) is 2.78. The van der Waals surface area contributed by atoms with E-state index in [4.69, 9.17) is 18.0 Å². The molecule has 2 aromatic heterocycles. The van der Waals surface area contributed by atoms with Gasteiger partial charge >= 0.3 is 0 Å². The molecule has 0 aromatic carbocycles. The molecule has 0 unspecified atom stereocenters. The van der Waals surface area contributed by atoms with Gasteiger partial charge in [0.25, 0.3) is 0 Å². The number of hydrogen-bond donors (Lipinski definition) is 1. The van der Waals surface area contributed by atoms with Crippen LogP contribution in [0.4, 0.5) is 10.9 Å². The van der Waals surface area contributed by atoms with Crippen LogP contribution in [0.1, 0.15) is 11.3 Å². The lowest BCUT2D eigenvalue weighted by Gasteiger charge is -2.36. The van der Waals surface area contributed by atoms with Crippen molar-refractivity contribution in [1.82, 2.24) is 14.8 Å². The van der Waals surface area contributed by atoms with Gasteiger partial charge in [0.2, 0.25) is 0 Å². The van der Waals surface area contributed by atoms with Gasteiger partial charge in [-0.2, -0.15) is 5.10 Å². The molecule has 3 rings (SSSR count). The summed E-state index contributed by atoms with van der Waals surface area (Å²) in [4.78, 5) is 9.40. The molecule has 2 N–H and O–H groups in total. The van der Waals surface area contributed by atoms with E-state index in [2.05, 4.69) is 19.9 Å². The Labute approximate surface area is 133 Å². The summed E-state index contributed by atoms with van der Waals surface area (Å²) in [7, 11) is 1.94. The number of aryl methyl sites for hydroxylation is 2. The number of piperazine rings is 1. The molecule has 1 fully saturated rings. The number of hydrogen-bond acceptors (Lipinski definition) is 6. The van der Waals surface area contributed by atoms with Crippen molar-refractivity contribution in [2.45, 2.75) is 6.92 Å². The molecular weight excluding hydrogens is 304 g/mol. The first kappa shape index (κ1) is 14.3. The van der Waals surface area contributed by atoms with Crippen molar-refractivity contribution >= 4 is 39.5 Å². The Morgan fingerprint density at radius 3 is 2.52 bits per heavy atom. The molecule has 2 aromatic rings. The Bertz CT molecular complexity index is 640. The molecule has 0 spiro atoms. The number of anilines is 2. The third kappa shape index (κ3) is 2.60. The standard InChI is InChI=1S/C13H18N6S2/c1-9-10(11(14)20)12(17(2)16-9)18-4-6-19(7-5-18)13-15-3-8-21-13/h3,8H,4-7H2,1-2H3,(H2,14,20). The third-order valence-electron chi connectivity index (χ3n) is 3.71. The first-order chi connectivity index (χ1) is 10.1. The smallest absolute Gasteiger partial charge is 0.185 e. The maximum absolute atomic E-state index is 5.87. The van der Waals surface area contributed by atoms with E-state index in [9.17, 15) is 0 Å². The Kier molecular flexibility index (Phi) is 3.81. The first-order valence-corrected chi connectivity index (χ1v) is 8.09. The number of aromatic nitrogens is 3. The Balaban J connectivity index is 1.80. The molecule has 0 saturated carbocycles. The zero-order valence-corrected chi connectivity index (χ0v) is 13.7. The van der Waals surface area contributed by atoms with Crippen LogP contribution in [0.5, 0.6) is 0 Å². The number of rotatable bonds is 3. The van der Waals surface area contributed by atoms with Gasteiger partial charge in [0.15, 0.2) is 5.13 Å². The van der Waals surface area contributed by atoms with Gasteiger partial charge < -0.3 is 15.5 Å². The molecule has 1 aliphatic rings. The van der Waals surface area contributed by atoms with E-state index in [1.165, 1.54) is 0 Å². The summed E-state index contributed by atoms with van der Waals surface area (Å²) in [6.45, 7) is 5.65. The highest BCUT2D eigenvalue weighted by molar-refractivity contribution is 7.80. The van der Waals surface area contributed by atoms with Gasteiger partial charge in [-0.05, 0) is 6.92 Å². The van der Waals surface area contributed by atoms with Crippen molar-refractivity contribution in [2.75, 3.05) is 36.0 Å². The molecule has 0 atom stereocenters. The largest absolute Gasteiger partial charge is 0.389 e. The molecule has 0 bridgehead atoms. The summed E-state index contributed by atoms with van der Waals surface area (Å²) in [5, 5.41) is 7.56. The van der Waals surface area contributed by atoms with Gasteiger partial charge in [0.05, 0.1) is 11.3 Å². The zero-order valence-electron chi connectivity index (χ0n) is 12.1. The summed E-state index contributed by atoms with van der Waals surface area (Å²) in [6.07, 6.45) is 1.85. The predicted molar refractivity (Wildman–Crippen MR) is 90.4 cm³/mol. The fourth-order valence-corrected chi connectivity index (χ4v) is 3.71. The lowest BCUT2D eigenvalue weighted by Crippen LogP contribution is -2.47. The molecule has 1 aliphatic heterocycles. The van der Waals surface area contributed by atoms with E-state index in [0.29, 0.717) is 4.99 Å². The van der Waals surface area contributed by atoms with Crippen LogP contribution in [0, 0.1) is 6.92 Å². The van der Waals surface area contributed by atoms with Crippen LogP contribution >= 0.6 is 23.6 Å². The minimum Gasteiger partial charge on any atom is -0.389 e. The quantitative estimate of drug-likeness (QED) is 0.855. The van der Waals surface area contributed by atoms with Crippen molar-refractivity contribution in [2.24, 2.45) is 12.8 Å². The molecule has 8 heteroatoms. The van der Waals surface area contributed by atoms with Gasteiger partial charge in [-0.15, -0.1) is 11.3 Å². The van der Waals surface area contributed by atoms with E-state index in [1.807, 2.05) is 30.2 Å². The van der Waals surface area contributed by atoms with Crippen molar-refractivity contribution in [3.05, 3.63) is 22.8 Å². The van der Waals surface area contributed by atoms with Crippen LogP contribution < -0.4 is 15.5 Å². The average molecular weight is 322 g/mol. The molecule has 0 aliphatic carbocycles. The third-order valence-corrected chi connectivity index (χ3v) is 4.74. The molecule has 112 valence electrons. The summed E-state index contributed by atoms with van der Waals surface area (Å²) in [5.41, 5.74) is 7.66. The highest BCUT2D eigenvalue weighted by atomic mass is 32.1. The maximum atomic E-state index is 5.87. The van der Waals surface area contributed by atoms with Crippen molar-refractivity contribution in [1.29, 1.82) is 0 Å². The Hall–Kier alpha value is -1.67. The minimum absolute atomic E-state index is 0.415. The molecule has 0 radical (unpaired) electrons. The molecule has 0 amide bonds. The minimum atomic E-state index is 0.415. The van der Waals surface area contributed by atoms with E-state index in [0.717, 1.165) is 48.4 Å². The Morgan fingerprint density at radius 2 is 1.95 bits per heavy atom. The lowest BCUT2D eigenvalue weighted by atomic mass is 10.2. The van der Waals surface area contributed by atoms with E-state index >= 15 is 0 Å². The number of thiocarbonyl (C=S) groups is 1. The SMILES string of the molecule is Cc1nn(C)c(N2CCN(c3nccs3)CC2)c1C(N)=S. The molecular formula is C13H18N6S2. The first-order valence-electron chi connectivity index (χ1n) is 6.80. The topological polar surface area (TPSA) is 63.2 Å². The van der Waals surface area contributed by atoms with E-state index in [1.54, 1.807) is 11.3 Å². The van der Waals surface area contributed by atoms with Crippen LogP contribution in [-0.2, 0) is 7.05 Å². The van der Waals surface area contributed by atoms with Crippen LogP contribution in [0.2, 0.25) is 0 Å².